The van der Waals surface area contributed by atoms with Crippen LogP contribution in [0.5, 0.6) is 0 Å². The Balaban J connectivity index is 1.68. The molecule has 4 atom stereocenters. The van der Waals surface area contributed by atoms with Gasteiger partial charge in [0.25, 0.3) is 0 Å². The fourth-order valence-electron chi connectivity index (χ4n) is 4.99. The van der Waals surface area contributed by atoms with E-state index < -0.39 is 0 Å². The van der Waals surface area contributed by atoms with Crippen LogP contribution < -0.4 is 0 Å². The van der Waals surface area contributed by atoms with Crippen molar-refractivity contribution in [2.45, 2.75) is 70.4 Å². The maximum absolute atomic E-state index is 9.58. The van der Waals surface area contributed by atoms with Crippen molar-refractivity contribution < 1.29 is 0 Å². The summed E-state index contributed by atoms with van der Waals surface area (Å²) in [6.45, 7) is 7.33. The summed E-state index contributed by atoms with van der Waals surface area (Å²) in [5.74, 6) is 1.15. The summed E-state index contributed by atoms with van der Waals surface area (Å²) < 4.78 is 0. The van der Waals surface area contributed by atoms with E-state index in [1.807, 2.05) is 0 Å². The van der Waals surface area contributed by atoms with Crippen LogP contribution in [-0.4, -0.2) is 48.1 Å². The molecule has 2 saturated heterocycles. The average molecular weight is 289 g/mol. The molecule has 21 heavy (non-hydrogen) atoms. The van der Waals surface area contributed by atoms with Crippen molar-refractivity contribution in [1.82, 2.24) is 9.80 Å². The first kappa shape index (κ1) is 15.3. The van der Waals surface area contributed by atoms with Gasteiger partial charge in [0.2, 0.25) is 0 Å². The van der Waals surface area contributed by atoms with Crippen LogP contribution in [0.4, 0.5) is 0 Å². The second kappa shape index (κ2) is 7.11. The van der Waals surface area contributed by atoms with Crippen molar-refractivity contribution in [3.05, 3.63) is 0 Å². The minimum Gasteiger partial charge on any atom is -0.299 e. The molecule has 0 bridgehead atoms. The van der Waals surface area contributed by atoms with Gasteiger partial charge < -0.3 is 0 Å². The van der Waals surface area contributed by atoms with Gasteiger partial charge in [0.1, 0.15) is 0 Å². The van der Waals surface area contributed by atoms with Crippen molar-refractivity contribution in [1.29, 1.82) is 5.26 Å². The molecule has 2 heterocycles. The molecular weight excluding hydrogens is 258 g/mol. The molecule has 0 spiro atoms. The lowest BCUT2D eigenvalue weighted by Gasteiger charge is -2.41. The Bertz CT molecular complexity index is 375. The van der Waals surface area contributed by atoms with E-state index in [0.29, 0.717) is 6.04 Å². The minimum atomic E-state index is 0.283. The molecule has 1 aliphatic carbocycles. The smallest absolute Gasteiger partial charge is 0.0672 e. The van der Waals surface area contributed by atoms with Crippen molar-refractivity contribution in [3.63, 3.8) is 0 Å². The zero-order valence-corrected chi connectivity index (χ0v) is 13.6. The van der Waals surface area contributed by atoms with Gasteiger partial charge >= 0.3 is 0 Å². The molecule has 2 aliphatic heterocycles. The van der Waals surface area contributed by atoms with Gasteiger partial charge in [-0.3, -0.25) is 9.80 Å². The van der Waals surface area contributed by atoms with Crippen molar-refractivity contribution in [2.24, 2.45) is 11.8 Å². The van der Waals surface area contributed by atoms with Crippen LogP contribution in [0, 0.1) is 23.2 Å². The van der Waals surface area contributed by atoms with Gasteiger partial charge in [-0.25, -0.2) is 0 Å². The standard InChI is InChI=1S/C18H31N3/c1-2-5-15-7-8-16(13-19)18(12-15)21-11-4-10-20-9-3-6-17(20)14-21/h15-18H,2-12,14H2,1H3. The predicted octanol–water partition coefficient (Wildman–Crippen LogP) is 3.27. The molecule has 0 aromatic carbocycles. The van der Waals surface area contributed by atoms with Gasteiger partial charge in [-0.1, -0.05) is 19.8 Å². The Labute approximate surface area is 130 Å². The lowest BCUT2D eigenvalue weighted by Crippen LogP contribution is -2.47. The number of hydrogen-bond donors (Lipinski definition) is 0. The van der Waals surface area contributed by atoms with Gasteiger partial charge in [-0.15, -0.1) is 0 Å². The summed E-state index contributed by atoms with van der Waals surface area (Å²) in [5.41, 5.74) is 0. The van der Waals surface area contributed by atoms with Crippen LogP contribution in [-0.2, 0) is 0 Å². The summed E-state index contributed by atoms with van der Waals surface area (Å²) in [6, 6.07) is 3.96. The van der Waals surface area contributed by atoms with E-state index in [-0.39, 0.29) is 5.92 Å². The Kier molecular flexibility index (Phi) is 5.19. The Morgan fingerprint density at radius 3 is 2.67 bits per heavy atom. The zero-order chi connectivity index (χ0) is 14.7. The molecule has 118 valence electrons. The zero-order valence-electron chi connectivity index (χ0n) is 13.6. The SMILES string of the molecule is CCCC1CCC(C#N)C(N2CCCN3CCCC3C2)C1. The van der Waals surface area contributed by atoms with E-state index in [1.54, 1.807) is 0 Å². The van der Waals surface area contributed by atoms with Crippen LogP contribution >= 0.6 is 0 Å². The molecule has 3 aliphatic rings. The summed E-state index contributed by atoms with van der Waals surface area (Å²) in [7, 11) is 0. The van der Waals surface area contributed by atoms with Gasteiger partial charge in [-0.05, 0) is 64.1 Å². The number of nitriles is 1. The van der Waals surface area contributed by atoms with E-state index in [1.165, 1.54) is 71.1 Å². The molecule has 3 rings (SSSR count). The Morgan fingerprint density at radius 1 is 1.05 bits per heavy atom. The largest absolute Gasteiger partial charge is 0.299 e. The number of fused-ring (bicyclic) bond motifs is 1. The molecule has 3 nitrogen and oxygen atoms in total. The van der Waals surface area contributed by atoms with E-state index >= 15 is 0 Å². The molecule has 0 radical (unpaired) electrons. The maximum atomic E-state index is 9.58. The highest BCUT2D eigenvalue weighted by Gasteiger charge is 2.37. The predicted molar refractivity (Wildman–Crippen MR) is 85.9 cm³/mol. The average Bonchev–Trinajstić information content (AvgIpc) is 2.84. The van der Waals surface area contributed by atoms with Gasteiger partial charge in [0, 0.05) is 18.6 Å². The highest BCUT2D eigenvalue weighted by Crippen LogP contribution is 2.36. The van der Waals surface area contributed by atoms with Crippen LogP contribution in [0.25, 0.3) is 0 Å². The minimum absolute atomic E-state index is 0.283. The van der Waals surface area contributed by atoms with Crippen molar-refractivity contribution in [3.8, 4) is 6.07 Å². The van der Waals surface area contributed by atoms with Gasteiger partial charge in [0.05, 0.1) is 12.0 Å². The Morgan fingerprint density at radius 2 is 1.86 bits per heavy atom. The molecule has 4 unspecified atom stereocenters. The quantitative estimate of drug-likeness (QED) is 0.799. The van der Waals surface area contributed by atoms with Crippen LogP contribution in [0.1, 0.15) is 58.3 Å². The van der Waals surface area contributed by atoms with Gasteiger partial charge in [0.15, 0.2) is 0 Å². The third kappa shape index (κ3) is 3.43. The van der Waals surface area contributed by atoms with Gasteiger partial charge in [-0.2, -0.15) is 5.26 Å². The summed E-state index contributed by atoms with van der Waals surface area (Å²) in [5, 5.41) is 9.58. The number of hydrogen-bond acceptors (Lipinski definition) is 3. The first-order valence-electron chi connectivity index (χ1n) is 9.19. The highest BCUT2D eigenvalue weighted by atomic mass is 15.3. The molecule has 0 aromatic heterocycles. The summed E-state index contributed by atoms with van der Waals surface area (Å²) >= 11 is 0. The van der Waals surface area contributed by atoms with Crippen LogP contribution in [0.3, 0.4) is 0 Å². The van der Waals surface area contributed by atoms with Crippen molar-refractivity contribution >= 4 is 0 Å². The number of nitrogens with zero attached hydrogens (tertiary/aromatic N) is 3. The molecule has 0 aromatic rings. The lowest BCUT2D eigenvalue weighted by atomic mass is 9.76. The van der Waals surface area contributed by atoms with E-state index in [9.17, 15) is 5.26 Å². The monoisotopic (exact) mass is 289 g/mol. The maximum Gasteiger partial charge on any atom is 0.0672 e. The molecule has 0 amide bonds. The second-order valence-corrected chi connectivity index (χ2v) is 7.45. The fourth-order valence-corrected chi connectivity index (χ4v) is 4.99. The molecule has 1 saturated carbocycles. The van der Waals surface area contributed by atoms with E-state index in [2.05, 4.69) is 22.8 Å². The first-order chi connectivity index (χ1) is 10.3. The van der Waals surface area contributed by atoms with E-state index in [4.69, 9.17) is 0 Å². The Hall–Kier alpha value is -0.590. The molecular formula is C18H31N3. The van der Waals surface area contributed by atoms with E-state index in [0.717, 1.165) is 18.4 Å². The second-order valence-electron chi connectivity index (χ2n) is 7.45. The summed E-state index contributed by atoms with van der Waals surface area (Å²) in [4.78, 5) is 5.42. The van der Waals surface area contributed by atoms with Crippen LogP contribution in [0.15, 0.2) is 0 Å². The topological polar surface area (TPSA) is 30.3 Å². The summed E-state index contributed by atoms with van der Waals surface area (Å²) in [6.07, 6.45) is 10.4. The highest BCUT2D eigenvalue weighted by molar-refractivity contribution is 4.99. The fraction of sp³-hybridized carbons (Fsp3) is 0.944. The van der Waals surface area contributed by atoms with Crippen LogP contribution in [0.2, 0.25) is 0 Å². The first-order valence-corrected chi connectivity index (χ1v) is 9.19. The molecule has 3 fully saturated rings. The normalized spacial score (nSPS) is 38.7. The van der Waals surface area contributed by atoms with Crippen molar-refractivity contribution in [2.75, 3.05) is 26.2 Å². The lowest BCUT2D eigenvalue weighted by molar-refractivity contribution is 0.0904. The third-order valence-corrected chi connectivity index (χ3v) is 6.09. The number of rotatable bonds is 3. The molecule has 3 heteroatoms. The third-order valence-electron chi connectivity index (χ3n) is 6.09. The molecule has 0 N–H and O–H groups in total.